The van der Waals surface area contributed by atoms with E-state index >= 15 is 0 Å². The number of thioether (sulfide) groups is 1. The van der Waals surface area contributed by atoms with E-state index < -0.39 is 28.7 Å². The highest BCUT2D eigenvalue weighted by Gasteiger charge is 2.76. The number of ether oxygens (including phenoxy) is 1. The summed E-state index contributed by atoms with van der Waals surface area (Å²) in [5.74, 6) is -1.38. The largest absolute Gasteiger partial charge is 0.466 e. The minimum Gasteiger partial charge on any atom is -0.466 e. The van der Waals surface area contributed by atoms with Crippen LogP contribution in [-0.2, 0) is 19.1 Å². The minimum atomic E-state index is -0.679. The molecule has 3 fully saturated rings. The molecule has 3 aliphatic heterocycles. The van der Waals surface area contributed by atoms with E-state index in [0.29, 0.717) is 13.0 Å². The fourth-order valence-corrected chi connectivity index (χ4v) is 8.36. The van der Waals surface area contributed by atoms with Crippen LogP contribution in [0.15, 0.2) is 0 Å². The molecule has 0 aromatic carbocycles. The highest BCUT2D eigenvalue weighted by Crippen LogP contribution is 2.69. The Morgan fingerprint density at radius 1 is 1.35 bits per heavy atom. The van der Waals surface area contributed by atoms with E-state index in [9.17, 15) is 19.5 Å². The van der Waals surface area contributed by atoms with Gasteiger partial charge in [-0.05, 0) is 38.0 Å². The number of rotatable bonds is 10. The highest BCUT2D eigenvalue weighted by molar-refractivity contribution is 8.02. The molecular weight excluding hydrogens is 416 g/mol. The van der Waals surface area contributed by atoms with Gasteiger partial charge in [0.1, 0.15) is 6.04 Å². The van der Waals surface area contributed by atoms with Crippen LogP contribution in [0.25, 0.3) is 0 Å². The summed E-state index contributed by atoms with van der Waals surface area (Å²) in [6.45, 7) is 10.7. The van der Waals surface area contributed by atoms with Crippen molar-refractivity contribution in [2.24, 2.45) is 23.7 Å². The number of aliphatic hydroxyl groups is 1. The van der Waals surface area contributed by atoms with Gasteiger partial charge in [-0.25, -0.2) is 0 Å². The molecule has 176 valence electrons. The summed E-state index contributed by atoms with van der Waals surface area (Å²) in [5.41, 5.74) is 0. The fraction of sp³-hybridized carbons (Fsp3) is 0.870. The first kappa shape index (κ1) is 24.4. The van der Waals surface area contributed by atoms with Crippen molar-refractivity contribution >= 4 is 29.5 Å². The SMILES string of the molecule is CCCCNC(=O)C1N([C@@H](CO)CC(C)C)C(=O)[C@@H]2[C@@H](C(=O)OCC)[C@H]3CC(C)C12S3. The van der Waals surface area contributed by atoms with Crippen LogP contribution in [-0.4, -0.2) is 69.6 Å². The number of carbonyl (C=O) groups is 3. The smallest absolute Gasteiger partial charge is 0.310 e. The second-order valence-corrected chi connectivity index (χ2v) is 11.2. The number of esters is 1. The Morgan fingerprint density at radius 3 is 2.65 bits per heavy atom. The van der Waals surface area contributed by atoms with E-state index in [1.807, 2.05) is 13.8 Å². The van der Waals surface area contributed by atoms with Gasteiger partial charge in [0.05, 0.1) is 35.8 Å². The van der Waals surface area contributed by atoms with Gasteiger partial charge >= 0.3 is 5.97 Å². The van der Waals surface area contributed by atoms with Crippen LogP contribution in [0, 0.1) is 23.7 Å². The molecule has 3 unspecified atom stereocenters. The summed E-state index contributed by atoms with van der Waals surface area (Å²) in [6, 6.07) is -1.12. The van der Waals surface area contributed by atoms with Crippen molar-refractivity contribution in [3.8, 4) is 0 Å². The summed E-state index contributed by atoms with van der Waals surface area (Å²) in [7, 11) is 0. The number of hydrogen-bond donors (Lipinski definition) is 2. The van der Waals surface area contributed by atoms with Crippen LogP contribution in [0.5, 0.6) is 0 Å². The highest BCUT2D eigenvalue weighted by atomic mass is 32.2. The number of fused-ring (bicyclic) bond motifs is 1. The second kappa shape index (κ2) is 9.69. The molecule has 2 amide bonds. The van der Waals surface area contributed by atoms with Crippen molar-refractivity contribution in [2.75, 3.05) is 19.8 Å². The van der Waals surface area contributed by atoms with Crippen LogP contribution in [0.4, 0.5) is 0 Å². The first-order chi connectivity index (χ1) is 14.7. The van der Waals surface area contributed by atoms with Gasteiger partial charge in [-0.3, -0.25) is 14.4 Å². The average molecular weight is 455 g/mol. The Hall–Kier alpha value is -1.28. The van der Waals surface area contributed by atoms with Crippen LogP contribution in [0.1, 0.15) is 60.3 Å². The fourth-order valence-electron chi connectivity index (χ4n) is 5.96. The molecule has 3 saturated heterocycles. The van der Waals surface area contributed by atoms with Gasteiger partial charge in [0.2, 0.25) is 11.8 Å². The van der Waals surface area contributed by atoms with Crippen LogP contribution >= 0.6 is 11.8 Å². The topological polar surface area (TPSA) is 95.9 Å². The van der Waals surface area contributed by atoms with Gasteiger partial charge in [-0.15, -0.1) is 11.8 Å². The number of nitrogens with zero attached hydrogens (tertiary/aromatic N) is 1. The maximum atomic E-state index is 13.9. The Kier molecular flexibility index (Phi) is 7.62. The molecule has 2 N–H and O–H groups in total. The van der Waals surface area contributed by atoms with Crippen molar-refractivity contribution in [3.05, 3.63) is 0 Å². The van der Waals surface area contributed by atoms with Crippen molar-refractivity contribution < 1.29 is 24.2 Å². The molecule has 2 bridgehead atoms. The summed E-state index contributed by atoms with van der Waals surface area (Å²) in [6.07, 6.45) is 3.23. The lowest BCUT2D eigenvalue weighted by Gasteiger charge is -2.40. The number of unbranched alkanes of at least 4 members (excludes halogenated alkanes) is 1. The van der Waals surface area contributed by atoms with E-state index in [2.05, 4.69) is 19.2 Å². The van der Waals surface area contributed by atoms with E-state index in [1.165, 1.54) is 0 Å². The Balaban J connectivity index is 2.04. The number of carbonyl (C=O) groups excluding carboxylic acids is 3. The van der Waals surface area contributed by atoms with Crippen LogP contribution < -0.4 is 5.32 Å². The molecule has 3 heterocycles. The maximum absolute atomic E-state index is 13.9. The normalized spacial score (nSPS) is 34.9. The minimum absolute atomic E-state index is 0.00577. The van der Waals surface area contributed by atoms with Gasteiger partial charge in [-0.2, -0.15) is 0 Å². The lowest BCUT2D eigenvalue weighted by Crippen LogP contribution is -2.58. The lowest BCUT2D eigenvalue weighted by molar-refractivity contribution is -0.154. The average Bonchev–Trinajstić information content (AvgIpc) is 3.30. The molecule has 3 aliphatic rings. The molecular formula is C23H38N2O5S. The molecule has 7 nitrogen and oxygen atoms in total. The van der Waals surface area contributed by atoms with Crippen molar-refractivity contribution in [3.63, 3.8) is 0 Å². The monoisotopic (exact) mass is 454 g/mol. The van der Waals surface area contributed by atoms with Crippen molar-refractivity contribution in [2.45, 2.75) is 82.4 Å². The third kappa shape index (κ3) is 3.99. The predicted molar refractivity (Wildman–Crippen MR) is 120 cm³/mol. The molecule has 0 saturated carbocycles. The standard InChI is InChI=1S/C23H38N2O5S/c1-6-8-9-24-20(27)19-23-14(5)11-16(31-23)17(22(29)30-7-2)18(23)21(28)25(19)15(12-26)10-13(3)4/h13-19,26H,6-12H2,1-5H3,(H,24,27)/t14?,15-,16-,17+,18+,19?,23?/m1/s1. The van der Waals surface area contributed by atoms with Gasteiger partial charge in [0.25, 0.3) is 0 Å². The van der Waals surface area contributed by atoms with Crippen LogP contribution in [0.2, 0.25) is 0 Å². The van der Waals surface area contributed by atoms with E-state index in [0.717, 1.165) is 19.3 Å². The van der Waals surface area contributed by atoms with Crippen LogP contribution in [0.3, 0.4) is 0 Å². The zero-order chi connectivity index (χ0) is 22.9. The lowest BCUT2D eigenvalue weighted by atomic mass is 9.66. The Bertz CT molecular complexity index is 701. The molecule has 0 radical (unpaired) electrons. The molecule has 0 aromatic heterocycles. The Morgan fingerprint density at radius 2 is 2.06 bits per heavy atom. The summed E-state index contributed by atoms with van der Waals surface area (Å²) >= 11 is 1.64. The number of likely N-dealkylation sites (tertiary alicyclic amines) is 1. The number of aliphatic hydroxyl groups excluding tert-OH is 1. The molecule has 0 aliphatic carbocycles. The van der Waals surface area contributed by atoms with Gasteiger partial charge in [-0.1, -0.05) is 34.1 Å². The molecule has 3 rings (SSSR count). The van der Waals surface area contributed by atoms with Gasteiger partial charge in [0, 0.05) is 11.8 Å². The zero-order valence-electron chi connectivity index (χ0n) is 19.4. The second-order valence-electron chi connectivity index (χ2n) is 9.66. The number of amides is 2. The quantitative estimate of drug-likeness (QED) is 0.388. The predicted octanol–water partition coefficient (Wildman–Crippen LogP) is 2.21. The van der Waals surface area contributed by atoms with Crippen molar-refractivity contribution in [1.82, 2.24) is 10.2 Å². The number of hydrogen-bond acceptors (Lipinski definition) is 6. The Labute approximate surface area is 190 Å². The molecule has 31 heavy (non-hydrogen) atoms. The first-order valence-corrected chi connectivity index (χ1v) is 12.7. The summed E-state index contributed by atoms with van der Waals surface area (Å²) in [4.78, 5) is 41.9. The maximum Gasteiger partial charge on any atom is 0.310 e. The molecule has 7 atom stereocenters. The summed E-state index contributed by atoms with van der Waals surface area (Å²) in [5, 5.41) is 13.2. The first-order valence-electron chi connectivity index (χ1n) is 11.8. The third-order valence-electron chi connectivity index (χ3n) is 7.17. The van der Waals surface area contributed by atoms with Crippen molar-refractivity contribution in [1.29, 1.82) is 0 Å². The molecule has 8 heteroatoms. The molecule has 0 aromatic rings. The van der Waals surface area contributed by atoms with E-state index in [-0.39, 0.29) is 48.1 Å². The molecule has 1 spiro atoms. The van der Waals surface area contributed by atoms with Gasteiger partial charge in [0.15, 0.2) is 0 Å². The summed E-state index contributed by atoms with van der Waals surface area (Å²) < 4.78 is 4.70. The van der Waals surface area contributed by atoms with E-state index in [4.69, 9.17) is 4.74 Å². The number of nitrogens with one attached hydrogen (secondary N) is 1. The van der Waals surface area contributed by atoms with E-state index in [1.54, 1.807) is 23.6 Å². The van der Waals surface area contributed by atoms with Gasteiger partial charge < -0.3 is 20.1 Å². The third-order valence-corrected chi connectivity index (χ3v) is 9.24. The zero-order valence-corrected chi connectivity index (χ0v) is 20.2.